The summed E-state index contributed by atoms with van der Waals surface area (Å²) in [6.45, 7) is 1.38. The largest absolute Gasteiger partial charge is 0.477 e. The molecule has 0 saturated heterocycles. The van der Waals surface area contributed by atoms with E-state index in [9.17, 15) is 14.4 Å². The van der Waals surface area contributed by atoms with Crippen LogP contribution in [0, 0.1) is 0 Å². The van der Waals surface area contributed by atoms with Crippen molar-refractivity contribution in [2.24, 2.45) is 14.1 Å². The Morgan fingerprint density at radius 1 is 1.09 bits per heavy atom. The SMILES string of the molecule is CC(=O)Nc1ccc(C(=O)Nc2cc(C(=O)O)n(C)c2)n1C. The topological polar surface area (TPSA) is 105 Å². The average molecular weight is 304 g/mol. The lowest BCUT2D eigenvalue weighted by molar-refractivity contribution is -0.114. The Labute approximate surface area is 126 Å². The van der Waals surface area contributed by atoms with Crippen molar-refractivity contribution in [1.29, 1.82) is 0 Å². The van der Waals surface area contributed by atoms with Gasteiger partial charge in [-0.15, -0.1) is 0 Å². The molecule has 0 unspecified atom stereocenters. The molecule has 0 bridgehead atoms. The van der Waals surface area contributed by atoms with Gasteiger partial charge in [0.1, 0.15) is 17.2 Å². The van der Waals surface area contributed by atoms with Crippen LogP contribution in [0.15, 0.2) is 24.4 Å². The molecule has 0 atom stereocenters. The first-order valence-corrected chi connectivity index (χ1v) is 6.44. The average Bonchev–Trinajstić information content (AvgIpc) is 2.93. The van der Waals surface area contributed by atoms with Gasteiger partial charge in [0.2, 0.25) is 5.91 Å². The lowest BCUT2D eigenvalue weighted by Gasteiger charge is -2.07. The van der Waals surface area contributed by atoms with Crippen molar-refractivity contribution >= 4 is 29.3 Å². The van der Waals surface area contributed by atoms with E-state index >= 15 is 0 Å². The summed E-state index contributed by atoms with van der Waals surface area (Å²) < 4.78 is 2.95. The van der Waals surface area contributed by atoms with Gasteiger partial charge in [-0.2, -0.15) is 0 Å². The molecule has 22 heavy (non-hydrogen) atoms. The monoisotopic (exact) mass is 304 g/mol. The number of rotatable bonds is 4. The fourth-order valence-electron chi connectivity index (χ4n) is 2.09. The van der Waals surface area contributed by atoms with Gasteiger partial charge >= 0.3 is 5.97 Å². The molecule has 0 aliphatic heterocycles. The lowest BCUT2D eigenvalue weighted by Crippen LogP contribution is -2.17. The highest BCUT2D eigenvalue weighted by Crippen LogP contribution is 2.17. The first kappa shape index (κ1) is 15.4. The number of carboxylic acid groups (broad SMARTS) is 1. The zero-order chi connectivity index (χ0) is 16.4. The summed E-state index contributed by atoms with van der Waals surface area (Å²) in [5, 5.41) is 14.2. The number of anilines is 2. The van der Waals surface area contributed by atoms with Crippen molar-refractivity contribution < 1.29 is 19.5 Å². The molecule has 8 heteroatoms. The Hall–Kier alpha value is -3.03. The smallest absolute Gasteiger partial charge is 0.352 e. The molecule has 2 aromatic heterocycles. The number of nitrogens with zero attached hydrogens (tertiary/aromatic N) is 2. The lowest BCUT2D eigenvalue weighted by atomic mass is 10.3. The normalized spacial score (nSPS) is 10.3. The summed E-state index contributed by atoms with van der Waals surface area (Å²) in [6, 6.07) is 4.56. The second kappa shape index (κ2) is 5.76. The standard InChI is InChI=1S/C14H16N4O4/c1-8(19)15-12-5-4-10(18(12)3)13(20)16-9-6-11(14(21)22)17(2)7-9/h4-7H,1-3H3,(H,15,19)(H,16,20)(H,21,22). The Bertz CT molecular complexity index is 757. The van der Waals surface area contributed by atoms with E-state index < -0.39 is 11.9 Å². The molecular weight excluding hydrogens is 288 g/mol. The highest BCUT2D eigenvalue weighted by molar-refractivity contribution is 6.04. The van der Waals surface area contributed by atoms with Gasteiger partial charge in [-0.3, -0.25) is 9.59 Å². The quantitative estimate of drug-likeness (QED) is 0.791. The van der Waals surface area contributed by atoms with E-state index in [-0.39, 0.29) is 11.6 Å². The number of carboxylic acids is 1. The van der Waals surface area contributed by atoms with Gasteiger partial charge in [-0.05, 0) is 18.2 Å². The summed E-state index contributed by atoms with van der Waals surface area (Å²) in [7, 11) is 3.23. The van der Waals surface area contributed by atoms with Gasteiger partial charge in [0.05, 0.1) is 5.69 Å². The van der Waals surface area contributed by atoms with Crippen LogP contribution in [0.1, 0.15) is 27.9 Å². The minimum absolute atomic E-state index is 0.0705. The Balaban J connectivity index is 2.19. The van der Waals surface area contributed by atoms with Gasteiger partial charge in [0.15, 0.2) is 0 Å². The second-order valence-corrected chi connectivity index (χ2v) is 4.83. The van der Waals surface area contributed by atoms with Crippen LogP contribution in [0.5, 0.6) is 0 Å². The molecule has 2 aromatic rings. The predicted octanol–water partition coefficient (Wildman–Crippen LogP) is 1.27. The fraction of sp³-hybridized carbons (Fsp3) is 0.214. The van der Waals surface area contributed by atoms with Crippen LogP contribution in [0.3, 0.4) is 0 Å². The van der Waals surface area contributed by atoms with Gasteiger partial charge in [0, 0.05) is 27.2 Å². The zero-order valence-electron chi connectivity index (χ0n) is 12.4. The molecule has 0 spiro atoms. The van der Waals surface area contributed by atoms with Crippen molar-refractivity contribution in [3.05, 3.63) is 35.8 Å². The first-order chi connectivity index (χ1) is 10.3. The maximum absolute atomic E-state index is 12.2. The maximum Gasteiger partial charge on any atom is 0.352 e. The van der Waals surface area contributed by atoms with Gasteiger partial charge in [-0.25, -0.2) is 4.79 Å². The van der Waals surface area contributed by atoms with Crippen molar-refractivity contribution in [2.75, 3.05) is 10.6 Å². The van der Waals surface area contributed by atoms with Crippen LogP contribution >= 0.6 is 0 Å². The van der Waals surface area contributed by atoms with Crippen molar-refractivity contribution in [3.8, 4) is 0 Å². The van der Waals surface area contributed by atoms with E-state index in [4.69, 9.17) is 5.11 Å². The minimum Gasteiger partial charge on any atom is -0.477 e. The summed E-state index contributed by atoms with van der Waals surface area (Å²) in [6.07, 6.45) is 1.51. The van der Waals surface area contributed by atoms with Gasteiger partial charge in [-0.1, -0.05) is 0 Å². The van der Waals surface area contributed by atoms with Crippen LogP contribution < -0.4 is 10.6 Å². The summed E-state index contributed by atoms with van der Waals surface area (Å²) in [5.41, 5.74) is 0.790. The highest BCUT2D eigenvalue weighted by Gasteiger charge is 2.16. The van der Waals surface area contributed by atoms with E-state index in [2.05, 4.69) is 10.6 Å². The molecule has 2 rings (SSSR count). The van der Waals surface area contributed by atoms with Crippen LogP contribution in [0.2, 0.25) is 0 Å². The minimum atomic E-state index is -1.07. The molecule has 2 amide bonds. The molecular formula is C14H16N4O4. The number of aromatic nitrogens is 2. The summed E-state index contributed by atoms with van der Waals surface area (Å²) in [5.74, 6) is -1.21. The van der Waals surface area contributed by atoms with E-state index in [0.29, 0.717) is 17.2 Å². The van der Waals surface area contributed by atoms with Crippen LogP contribution in [0.25, 0.3) is 0 Å². The number of aromatic carboxylic acids is 1. The predicted molar refractivity (Wildman–Crippen MR) is 80.0 cm³/mol. The molecule has 2 heterocycles. The molecule has 0 saturated carbocycles. The molecule has 8 nitrogen and oxygen atoms in total. The van der Waals surface area contributed by atoms with Crippen molar-refractivity contribution in [3.63, 3.8) is 0 Å². The van der Waals surface area contributed by atoms with Gasteiger partial charge < -0.3 is 24.9 Å². The van der Waals surface area contributed by atoms with Crippen LogP contribution in [0.4, 0.5) is 11.5 Å². The Morgan fingerprint density at radius 2 is 1.77 bits per heavy atom. The zero-order valence-corrected chi connectivity index (χ0v) is 12.4. The molecule has 3 N–H and O–H groups in total. The maximum atomic E-state index is 12.2. The molecule has 0 aliphatic rings. The van der Waals surface area contributed by atoms with Crippen LogP contribution in [-0.2, 0) is 18.9 Å². The second-order valence-electron chi connectivity index (χ2n) is 4.83. The van der Waals surface area contributed by atoms with Crippen LogP contribution in [-0.4, -0.2) is 32.0 Å². The third-order valence-corrected chi connectivity index (χ3v) is 3.14. The molecule has 116 valence electrons. The molecule has 0 radical (unpaired) electrons. The number of amides is 2. The van der Waals surface area contributed by atoms with Gasteiger partial charge in [0.25, 0.3) is 5.91 Å². The summed E-state index contributed by atoms with van der Waals surface area (Å²) in [4.78, 5) is 34.3. The highest BCUT2D eigenvalue weighted by atomic mass is 16.4. The number of carbonyl (C=O) groups is 3. The molecule has 0 aliphatic carbocycles. The number of nitrogens with one attached hydrogen (secondary N) is 2. The van der Waals surface area contributed by atoms with Crippen molar-refractivity contribution in [1.82, 2.24) is 9.13 Å². The Morgan fingerprint density at radius 3 is 2.32 bits per heavy atom. The molecule has 0 aromatic carbocycles. The fourth-order valence-corrected chi connectivity index (χ4v) is 2.09. The van der Waals surface area contributed by atoms with E-state index in [1.165, 1.54) is 28.3 Å². The number of aryl methyl sites for hydroxylation is 1. The van der Waals surface area contributed by atoms with E-state index in [1.54, 1.807) is 26.2 Å². The number of hydrogen-bond donors (Lipinski definition) is 3. The number of hydrogen-bond acceptors (Lipinski definition) is 3. The molecule has 0 fully saturated rings. The summed E-state index contributed by atoms with van der Waals surface area (Å²) >= 11 is 0. The third kappa shape index (κ3) is 3.00. The van der Waals surface area contributed by atoms with Crippen molar-refractivity contribution in [2.45, 2.75) is 6.92 Å². The van der Waals surface area contributed by atoms with E-state index in [0.717, 1.165) is 0 Å². The third-order valence-electron chi connectivity index (χ3n) is 3.14. The number of carbonyl (C=O) groups excluding carboxylic acids is 2. The van der Waals surface area contributed by atoms with E-state index in [1.807, 2.05) is 0 Å². The Kier molecular flexibility index (Phi) is 4.02. The first-order valence-electron chi connectivity index (χ1n) is 6.44.